The van der Waals surface area contributed by atoms with Crippen LogP contribution in [0.15, 0.2) is 18.6 Å². The van der Waals surface area contributed by atoms with Crippen molar-refractivity contribution in [2.75, 3.05) is 24.7 Å². The van der Waals surface area contributed by atoms with Crippen LogP contribution in [0.3, 0.4) is 0 Å². The highest BCUT2D eigenvalue weighted by Gasteiger charge is 2.22. The molecule has 6 heteroatoms. The average Bonchev–Trinajstić information content (AvgIpc) is 2.88. The van der Waals surface area contributed by atoms with Gasteiger partial charge in [-0.3, -0.25) is 0 Å². The van der Waals surface area contributed by atoms with Gasteiger partial charge in [0.2, 0.25) is 6.54 Å². The van der Waals surface area contributed by atoms with Gasteiger partial charge in [0, 0.05) is 6.54 Å². The summed E-state index contributed by atoms with van der Waals surface area (Å²) in [6.07, 6.45) is 3.43. The zero-order valence-corrected chi connectivity index (χ0v) is 10.8. The monoisotopic (exact) mass is 257 g/mol. The van der Waals surface area contributed by atoms with Crippen LogP contribution in [-0.4, -0.2) is 40.4 Å². The van der Waals surface area contributed by atoms with Gasteiger partial charge in [0.05, 0.1) is 36.5 Å². The molecule has 0 bridgehead atoms. The number of nitrogens with zero attached hydrogens (tertiary/aromatic N) is 5. The van der Waals surface area contributed by atoms with E-state index in [0.717, 1.165) is 23.4 Å². The van der Waals surface area contributed by atoms with E-state index in [0.29, 0.717) is 25.8 Å². The van der Waals surface area contributed by atoms with Gasteiger partial charge < -0.3 is 14.5 Å². The second kappa shape index (κ2) is 4.86. The fraction of sp³-hybridized carbons (Fsp3) is 0.462. The Kier molecular flexibility index (Phi) is 3.05. The summed E-state index contributed by atoms with van der Waals surface area (Å²) >= 11 is 0. The molecule has 0 saturated carbocycles. The maximum absolute atomic E-state index is 7.06. The van der Waals surface area contributed by atoms with E-state index in [1.54, 1.807) is 17.0 Å². The second-order valence-corrected chi connectivity index (χ2v) is 4.68. The summed E-state index contributed by atoms with van der Waals surface area (Å²) in [5.74, 6) is 0.889. The van der Waals surface area contributed by atoms with E-state index in [1.807, 2.05) is 6.07 Å². The number of imidazole rings is 1. The molecule has 2 aromatic heterocycles. The molecule has 3 rings (SSSR count). The van der Waals surface area contributed by atoms with Gasteiger partial charge in [-0.15, -0.1) is 5.10 Å². The molecule has 0 N–H and O–H groups in total. The first-order valence-corrected chi connectivity index (χ1v) is 6.29. The van der Waals surface area contributed by atoms with Crippen LogP contribution in [0.2, 0.25) is 0 Å². The van der Waals surface area contributed by atoms with E-state index in [2.05, 4.69) is 26.8 Å². The summed E-state index contributed by atoms with van der Waals surface area (Å²) in [6.45, 7) is 11.8. The Bertz CT molecular complexity index is 629. The molecular formula is C13H15N5O. The van der Waals surface area contributed by atoms with Crippen molar-refractivity contribution < 1.29 is 4.74 Å². The van der Waals surface area contributed by atoms with Gasteiger partial charge >= 0.3 is 0 Å². The Balaban J connectivity index is 2.05. The summed E-state index contributed by atoms with van der Waals surface area (Å²) < 4.78 is 7.19. The molecule has 19 heavy (non-hydrogen) atoms. The van der Waals surface area contributed by atoms with Gasteiger partial charge in [0.15, 0.2) is 5.82 Å². The van der Waals surface area contributed by atoms with Gasteiger partial charge in [-0.2, -0.15) is 0 Å². The standard InChI is InChI=1S/C13H15N5O/c1-10-8-19-4-3-17(10)13-5-11(6-14-2)12-7-15-9-18(12)16-13/h5,7,9-10H,3-4,6,8H2,1H3/t10-/m1/s1. The molecule has 1 aliphatic rings. The van der Waals surface area contributed by atoms with Crippen molar-refractivity contribution in [2.24, 2.45) is 0 Å². The Morgan fingerprint density at radius 1 is 1.58 bits per heavy atom. The van der Waals surface area contributed by atoms with Crippen molar-refractivity contribution in [1.29, 1.82) is 0 Å². The summed E-state index contributed by atoms with van der Waals surface area (Å²) in [6, 6.07) is 2.29. The molecule has 2 aromatic rings. The highest BCUT2D eigenvalue weighted by Crippen LogP contribution is 2.21. The van der Waals surface area contributed by atoms with E-state index < -0.39 is 0 Å². The molecule has 1 aliphatic heterocycles. The van der Waals surface area contributed by atoms with Crippen LogP contribution < -0.4 is 4.90 Å². The molecule has 98 valence electrons. The number of morpholine rings is 1. The van der Waals surface area contributed by atoms with Crippen molar-refractivity contribution in [3.05, 3.63) is 35.6 Å². The van der Waals surface area contributed by atoms with Crippen LogP contribution in [-0.2, 0) is 11.3 Å². The Morgan fingerprint density at radius 2 is 2.47 bits per heavy atom. The van der Waals surface area contributed by atoms with E-state index in [4.69, 9.17) is 11.3 Å². The summed E-state index contributed by atoms with van der Waals surface area (Å²) in [4.78, 5) is 9.80. The fourth-order valence-corrected chi connectivity index (χ4v) is 2.39. The van der Waals surface area contributed by atoms with Crippen LogP contribution in [0, 0.1) is 6.57 Å². The molecule has 1 saturated heterocycles. The molecule has 1 atom stereocenters. The number of anilines is 1. The van der Waals surface area contributed by atoms with Crippen LogP contribution in [0.1, 0.15) is 12.5 Å². The predicted molar refractivity (Wildman–Crippen MR) is 70.9 cm³/mol. The van der Waals surface area contributed by atoms with Crippen molar-refractivity contribution in [3.63, 3.8) is 0 Å². The second-order valence-electron chi connectivity index (χ2n) is 4.68. The minimum absolute atomic E-state index is 0.294. The van der Waals surface area contributed by atoms with Gasteiger partial charge in [0.1, 0.15) is 6.33 Å². The number of rotatable bonds is 2. The third-order valence-corrected chi connectivity index (χ3v) is 3.37. The first kappa shape index (κ1) is 11.9. The fourth-order valence-electron chi connectivity index (χ4n) is 2.39. The molecule has 3 heterocycles. The molecular weight excluding hydrogens is 242 g/mol. The largest absolute Gasteiger partial charge is 0.377 e. The maximum atomic E-state index is 7.06. The quantitative estimate of drug-likeness (QED) is 0.762. The minimum Gasteiger partial charge on any atom is -0.377 e. The lowest BCUT2D eigenvalue weighted by Crippen LogP contribution is -2.44. The van der Waals surface area contributed by atoms with Gasteiger partial charge in [-0.1, -0.05) is 0 Å². The lowest BCUT2D eigenvalue weighted by atomic mass is 10.2. The van der Waals surface area contributed by atoms with Gasteiger partial charge in [0.25, 0.3) is 0 Å². The van der Waals surface area contributed by atoms with Crippen LogP contribution in [0.4, 0.5) is 5.82 Å². The minimum atomic E-state index is 0.294. The van der Waals surface area contributed by atoms with Crippen molar-refractivity contribution >= 4 is 11.3 Å². The van der Waals surface area contributed by atoms with Crippen LogP contribution >= 0.6 is 0 Å². The normalized spacial score (nSPS) is 19.6. The molecule has 0 amide bonds. The Labute approximate surface area is 111 Å². The third kappa shape index (κ3) is 2.13. The maximum Gasteiger partial charge on any atom is 0.242 e. The predicted octanol–water partition coefficient (Wildman–Crippen LogP) is 1.37. The van der Waals surface area contributed by atoms with E-state index in [-0.39, 0.29) is 0 Å². The zero-order valence-electron chi connectivity index (χ0n) is 10.8. The van der Waals surface area contributed by atoms with Crippen molar-refractivity contribution in [1.82, 2.24) is 14.6 Å². The van der Waals surface area contributed by atoms with Crippen molar-refractivity contribution in [3.8, 4) is 0 Å². The Morgan fingerprint density at radius 3 is 3.26 bits per heavy atom. The number of hydrogen-bond acceptors (Lipinski definition) is 4. The first-order chi connectivity index (χ1) is 9.29. The summed E-state index contributed by atoms with van der Waals surface area (Å²) in [5, 5.41) is 4.57. The number of fused-ring (bicyclic) bond motifs is 1. The Hall–Kier alpha value is -2.13. The molecule has 0 radical (unpaired) electrons. The number of aromatic nitrogens is 3. The zero-order chi connectivity index (χ0) is 13.2. The SMILES string of the molecule is [C-]#[N+]Cc1cc(N2CCOC[C@H]2C)nn2cncc12. The smallest absolute Gasteiger partial charge is 0.242 e. The van der Waals surface area contributed by atoms with Crippen LogP contribution in [0.5, 0.6) is 0 Å². The van der Waals surface area contributed by atoms with Gasteiger partial charge in [-0.05, 0) is 13.0 Å². The van der Waals surface area contributed by atoms with Crippen molar-refractivity contribution in [2.45, 2.75) is 19.5 Å². The first-order valence-electron chi connectivity index (χ1n) is 6.29. The highest BCUT2D eigenvalue weighted by atomic mass is 16.5. The number of ether oxygens (including phenoxy) is 1. The van der Waals surface area contributed by atoms with E-state index in [1.165, 1.54) is 0 Å². The molecule has 0 spiro atoms. The van der Waals surface area contributed by atoms with E-state index in [9.17, 15) is 0 Å². The lowest BCUT2D eigenvalue weighted by molar-refractivity contribution is 0.0984. The molecule has 6 nitrogen and oxygen atoms in total. The molecule has 0 aromatic carbocycles. The molecule has 0 aliphatic carbocycles. The van der Waals surface area contributed by atoms with Crippen LogP contribution in [0.25, 0.3) is 10.4 Å². The highest BCUT2D eigenvalue weighted by molar-refractivity contribution is 5.58. The third-order valence-electron chi connectivity index (χ3n) is 3.37. The molecule has 1 fully saturated rings. The topological polar surface area (TPSA) is 47.0 Å². The summed E-state index contributed by atoms with van der Waals surface area (Å²) in [5.41, 5.74) is 1.87. The number of hydrogen-bond donors (Lipinski definition) is 0. The summed E-state index contributed by atoms with van der Waals surface area (Å²) in [7, 11) is 0. The lowest BCUT2D eigenvalue weighted by Gasteiger charge is -2.34. The van der Waals surface area contributed by atoms with Gasteiger partial charge in [-0.25, -0.2) is 16.1 Å². The van der Waals surface area contributed by atoms with E-state index >= 15 is 0 Å². The average molecular weight is 257 g/mol. The molecule has 0 unspecified atom stereocenters.